The first-order valence-corrected chi connectivity index (χ1v) is 28.4. The monoisotopic (exact) mass is 1120 g/mol. The number of aliphatic hydroxyl groups is 3. The third-order valence-corrected chi connectivity index (χ3v) is 17.1. The van der Waals surface area contributed by atoms with Gasteiger partial charge < -0.3 is 82.7 Å². The van der Waals surface area contributed by atoms with Gasteiger partial charge in [-0.25, -0.2) is 4.79 Å². The molecule has 21 heteroatoms. The summed E-state index contributed by atoms with van der Waals surface area (Å²) in [5.41, 5.74) is -3.77. The highest BCUT2D eigenvalue weighted by Gasteiger charge is 2.53. The fourth-order valence-electron chi connectivity index (χ4n) is 12.5. The van der Waals surface area contributed by atoms with Gasteiger partial charge >= 0.3 is 11.9 Å². The van der Waals surface area contributed by atoms with Crippen LogP contribution in [0, 0.1) is 17.8 Å². The average molecular weight is 1120 g/mol. The highest BCUT2D eigenvalue weighted by molar-refractivity contribution is 5.93. The number of aromatic nitrogens is 1. The van der Waals surface area contributed by atoms with Gasteiger partial charge in [-0.15, -0.1) is 0 Å². The number of methoxy groups -OCH3 is 2. The molecule has 4 heterocycles. The standard InChI is InChI=1S/C58H94N4O17/c1-16-45-58(10,70)51(71-14)36(6)61(13)29-32(2)27-56(8,69)50(79-55-48(65)44(60(11)12)25-33(3)75-55)34(4)49(35(5)54(68)77-45)78-46-28-57(9,72-15)52(37(7)76-46)74-31-40(63)21-23-73-24-22-59-38-17-20-43-41(26-38)47(64)42(53(66)67)30-62(43)39-18-19-39/h17,20,26,30,32-37,39,44-46,48-52,55,59,65,69-70H,16,18-19,21-25,27-29,31H2,1-15H3,(H,66,67)/t32-,33-,34+,35-,36-,37+,44+,45-,46+,48-,49+,50-,51-,52+,55+,56-,57-,58-/m1/s1. The van der Waals surface area contributed by atoms with Gasteiger partial charge in [0, 0.05) is 81.5 Å². The van der Waals surface area contributed by atoms with E-state index in [1.54, 1.807) is 40.9 Å². The minimum atomic E-state index is -1.63. The van der Waals surface area contributed by atoms with Crippen LogP contribution in [0.3, 0.4) is 0 Å². The minimum absolute atomic E-state index is 0.0686. The zero-order valence-corrected chi connectivity index (χ0v) is 49.5. The molecule has 79 heavy (non-hydrogen) atoms. The fraction of sp³-hybridized carbons (Fsp3) is 0.793. The van der Waals surface area contributed by atoms with Gasteiger partial charge in [0.1, 0.15) is 42.2 Å². The Bertz CT molecular complexity index is 2420. The van der Waals surface area contributed by atoms with Crippen LogP contribution in [0.4, 0.5) is 5.69 Å². The number of fused-ring (bicyclic) bond motifs is 1. The Morgan fingerprint density at radius 3 is 2.25 bits per heavy atom. The number of likely N-dealkylation sites (N-methyl/N-ethyl adjacent to an activating group) is 2. The molecule has 0 amide bonds. The molecule has 18 atom stereocenters. The molecule has 0 unspecified atom stereocenters. The third-order valence-electron chi connectivity index (χ3n) is 17.1. The molecule has 1 aromatic heterocycles. The first-order chi connectivity index (χ1) is 37.1. The molecular weight excluding hydrogens is 1020 g/mol. The Labute approximate surface area is 466 Å². The number of carboxylic acid groups (broad SMARTS) is 1. The van der Waals surface area contributed by atoms with Crippen LogP contribution >= 0.6 is 0 Å². The number of benzene rings is 1. The highest BCUT2D eigenvalue weighted by Crippen LogP contribution is 2.42. The summed E-state index contributed by atoms with van der Waals surface area (Å²) in [5, 5.41) is 50.1. The summed E-state index contributed by atoms with van der Waals surface area (Å²) in [6.07, 6.45) is -4.43. The molecule has 6 rings (SSSR count). The Balaban J connectivity index is 1.15. The van der Waals surface area contributed by atoms with Crippen molar-refractivity contribution < 1.29 is 77.4 Å². The van der Waals surface area contributed by atoms with Crippen molar-refractivity contribution in [2.24, 2.45) is 17.8 Å². The predicted molar refractivity (Wildman–Crippen MR) is 295 cm³/mol. The lowest BCUT2D eigenvalue weighted by Gasteiger charge is -2.49. The number of Topliss-reactive ketones (excluding diaryl/α,β-unsaturated/α-hetero) is 1. The molecular formula is C58H94N4O17. The molecule has 0 spiro atoms. The lowest BCUT2D eigenvalue weighted by molar-refractivity contribution is -0.320. The Morgan fingerprint density at radius 1 is 0.937 bits per heavy atom. The SMILES string of the molecule is CC[C@H]1OC(=O)[C@H](C)[C@@H](O[C@H]2C[C@@](C)(OC)[C@@H](OCC(=O)CCOCCNc3ccc4c(c3)c(=O)c(C(=O)O)cn4C3CC3)[C@H](C)O2)[C@H](C)[C@@H](O[C@@H]2O[C@H](C)C[C@H](N(C)C)[C@H]2O)[C@](C)(O)C[C@@H](C)CN(C)[C@H](C)[C@@H](OC)[C@]1(C)O. The van der Waals surface area contributed by atoms with Crippen LogP contribution in [0.2, 0.25) is 0 Å². The Kier molecular flexibility index (Phi) is 22.2. The maximum Gasteiger partial charge on any atom is 0.341 e. The van der Waals surface area contributed by atoms with E-state index in [-0.39, 0.29) is 87.0 Å². The Hall–Kier alpha value is -3.68. The van der Waals surface area contributed by atoms with Crippen LogP contribution in [0.5, 0.6) is 0 Å². The second-order valence-corrected chi connectivity index (χ2v) is 24.0. The van der Waals surface area contributed by atoms with Gasteiger partial charge in [0.25, 0.3) is 0 Å². The van der Waals surface area contributed by atoms with Crippen LogP contribution in [-0.4, -0.2) is 211 Å². The second-order valence-electron chi connectivity index (χ2n) is 24.0. The molecule has 1 saturated carbocycles. The Morgan fingerprint density at radius 2 is 1.63 bits per heavy atom. The normalized spacial score (nSPS) is 37.6. The molecule has 2 aromatic rings. The van der Waals surface area contributed by atoms with E-state index in [1.807, 2.05) is 84.3 Å². The van der Waals surface area contributed by atoms with Crippen molar-refractivity contribution in [2.45, 2.75) is 211 Å². The highest BCUT2D eigenvalue weighted by atomic mass is 16.7. The first-order valence-electron chi connectivity index (χ1n) is 28.4. The summed E-state index contributed by atoms with van der Waals surface area (Å²) < 4.78 is 59.1. The summed E-state index contributed by atoms with van der Waals surface area (Å²) in [6.45, 7) is 19.2. The van der Waals surface area contributed by atoms with E-state index in [0.717, 1.165) is 12.8 Å². The lowest BCUT2D eigenvalue weighted by Crippen LogP contribution is -2.61. The number of anilines is 1. The van der Waals surface area contributed by atoms with Gasteiger partial charge in [0.2, 0.25) is 5.43 Å². The van der Waals surface area contributed by atoms with E-state index in [0.29, 0.717) is 36.1 Å². The first kappa shape index (κ1) is 64.5. The number of nitrogens with one attached hydrogen (secondary N) is 1. The summed E-state index contributed by atoms with van der Waals surface area (Å²) in [5.74, 6) is -4.14. The average Bonchev–Trinajstić information content (AvgIpc) is 4.30. The predicted octanol–water partition coefficient (Wildman–Crippen LogP) is 5.02. The van der Waals surface area contributed by atoms with Crippen molar-refractivity contribution in [3.05, 3.63) is 40.2 Å². The van der Waals surface area contributed by atoms with E-state index in [4.69, 9.17) is 42.6 Å². The number of carboxylic acids is 1. The van der Waals surface area contributed by atoms with Crippen LogP contribution < -0.4 is 10.7 Å². The molecule has 1 aliphatic carbocycles. The van der Waals surface area contributed by atoms with E-state index >= 15 is 0 Å². The van der Waals surface area contributed by atoms with Crippen molar-refractivity contribution in [3.63, 3.8) is 0 Å². The molecule has 4 aliphatic rings. The van der Waals surface area contributed by atoms with Crippen LogP contribution in [0.1, 0.15) is 131 Å². The van der Waals surface area contributed by atoms with Crippen LogP contribution in [0.25, 0.3) is 10.9 Å². The topological polar surface area (TPSA) is 256 Å². The van der Waals surface area contributed by atoms with Gasteiger partial charge in [-0.2, -0.15) is 0 Å². The summed E-state index contributed by atoms with van der Waals surface area (Å²) in [7, 11) is 8.76. The molecule has 3 saturated heterocycles. The van der Waals surface area contributed by atoms with Crippen molar-refractivity contribution in [1.82, 2.24) is 14.4 Å². The number of hydrogen-bond acceptors (Lipinski definition) is 19. The van der Waals surface area contributed by atoms with Gasteiger partial charge in [-0.3, -0.25) is 14.4 Å². The number of nitrogens with zero attached hydrogens (tertiary/aromatic N) is 3. The maximum atomic E-state index is 14.7. The quantitative estimate of drug-likeness (QED) is 0.0862. The van der Waals surface area contributed by atoms with Crippen molar-refractivity contribution in [3.8, 4) is 0 Å². The van der Waals surface area contributed by atoms with Crippen molar-refractivity contribution in [2.75, 3.05) is 73.6 Å². The van der Waals surface area contributed by atoms with E-state index < -0.39 is 101 Å². The molecule has 21 nitrogen and oxygen atoms in total. The number of carbonyl (C=O) groups excluding carboxylic acids is 2. The fourth-order valence-corrected chi connectivity index (χ4v) is 12.5. The number of cyclic esters (lactones) is 1. The second kappa shape index (κ2) is 27.1. The number of aromatic carboxylic acids is 1. The number of aliphatic hydroxyl groups excluding tert-OH is 1. The van der Waals surface area contributed by atoms with Gasteiger partial charge in [0.15, 0.2) is 18.4 Å². The molecule has 0 radical (unpaired) electrons. The maximum absolute atomic E-state index is 14.7. The largest absolute Gasteiger partial charge is 0.477 e. The molecule has 448 valence electrons. The number of hydrogen-bond donors (Lipinski definition) is 5. The molecule has 1 aromatic carbocycles. The lowest BCUT2D eigenvalue weighted by atomic mass is 9.77. The van der Waals surface area contributed by atoms with Crippen molar-refractivity contribution in [1.29, 1.82) is 0 Å². The number of ketones is 1. The molecule has 4 fully saturated rings. The third kappa shape index (κ3) is 15.3. The zero-order chi connectivity index (χ0) is 58.5. The van der Waals surface area contributed by atoms with Gasteiger partial charge in [-0.1, -0.05) is 20.8 Å². The summed E-state index contributed by atoms with van der Waals surface area (Å²) in [6, 6.07) is 4.84. The van der Waals surface area contributed by atoms with E-state index in [1.165, 1.54) is 13.3 Å². The molecule has 0 bridgehead atoms. The van der Waals surface area contributed by atoms with Gasteiger partial charge in [0.05, 0.1) is 60.3 Å². The molecule has 3 aliphatic heterocycles. The smallest absolute Gasteiger partial charge is 0.341 e. The van der Waals surface area contributed by atoms with Crippen molar-refractivity contribution >= 4 is 34.3 Å². The number of rotatable bonds is 20. The van der Waals surface area contributed by atoms with Crippen LogP contribution in [0.15, 0.2) is 29.2 Å². The van der Waals surface area contributed by atoms with E-state index in [2.05, 4.69) is 10.2 Å². The van der Waals surface area contributed by atoms with E-state index in [9.17, 15) is 39.6 Å². The number of ether oxygens (including phenoxy) is 9. The number of carbonyl (C=O) groups is 3. The summed E-state index contributed by atoms with van der Waals surface area (Å²) >= 11 is 0. The molecule has 5 N–H and O–H groups in total. The number of pyridine rings is 1. The number of esters is 1. The minimum Gasteiger partial charge on any atom is -0.477 e. The summed E-state index contributed by atoms with van der Waals surface area (Å²) in [4.78, 5) is 56.9. The van der Waals surface area contributed by atoms with Crippen LogP contribution in [-0.2, 0) is 52.2 Å². The van der Waals surface area contributed by atoms with Gasteiger partial charge in [-0.05, 0) is 126 Å². The zero-order valence-electron chi connectivity index (χ0n) is 49.5.